The van der Waals surface area contributed by atoms with Gasteiger partial charge in [0.15, 0.2) is 0 Å². The molecule has 8 heteroatoms. The molecule has 0 bridgehead atoms. The van der Waals surface area contributed by atoms with E-state index in [0.717, 1.165) is 16.8 Å². The lowest BCUT2D eigenvalue weighted by atomic mass is 9.98. The first-order chi connectivity index (χ1) is 15.5. The molecule has 0 saturated carbocycles. The quantitative estimate of drug-likeness (QED) is 0.572. The molecular formula is C24H28ClN3O4. The number of carbonyl (C=O) groups excluding carboxylic acids is 2. The number of hydrogen-bond donors (Lipinski definition) is 0. The highest BCUT2D eigenvalue weighted by atomic mass is 35.5. The molecular weight excluding hydrogens is 430 g/mol. The zero-order chi connectivity index (χ0) is 23.1. The normalized spacial score (nSPS) is 15.4. The molecule has 3 rings (SSSR count). The van der Waals surface area contributed by atoms with Gasteiger partial charge >= 0.3 is 0 Å². The fraction of sp³-hybridized carbons (Fsp3) is 0.375. The standard InChI is InChI=1S/C24H28ClN3O4/c1-4-23(29)27(12-13-31-2)16-24(30)28-22(19-10-5-6-11-20(19)25)15-21(26-28)17-8-7-9-18(14-17)32-3/h5-11,14,22H,4,12-13,15-16H2,1-3H3. The Bertz CT molecular complexity index is 995. The van der Waals surface area contributed by atoms with E-state index in [1.165, 1.54) is 9.91 Å². The lowest BCUT2D eigenvalue weighted by molar-refractivity contribution is -0.141. The van der Waals surface area contributed by atoms with Gasteiger partial charge in [-0.25, -0.2) is 5.01 Å². The van der Waals surface area contributed by atoms with Gasteiger partial charge < -0.3 is 14.4 Å². The molecule has 2 amide bonds. The van der Waals surface area contributed by atoms with E-state index in [0.29, 0.717) is 36.8 Å². The molecule has 2 aromatic rings. The summed E-state index contributed by atoms with van der Waals surface area (Å²) in [5.74, 6) is 0.329. The van der Waals surface area contributed by atoms with Gasteiger partial charge in [0.1, 0.15) is 12.3 Å². The Balaban J connectivity index is 1.93. The zero-order valence-electron chi connectivity index (χ0n) is 18.6. The van der Waals surface area contributed by atoms with Crippen molar-refractivity contribution in [2.75, 3.05) is 33.9 Å². The Labute approximate surface area is 193 Å². The number of ether oxygens (including phenoxy) is 2. The summed E-state index contributed by atoms with van der Waals surface area (Å²) in [4.78, 5) is 27.2. The summed E-state index contributed by atoms with van der Waals surface area (Å²) in [7, 11) is 3.17. The van der Waals surface area contributed by atoms with Crippen molar-refractivity contribution in [3.8, 4) is 5.75 Å². The molecule has 0 aliphatic carbocycles. The number of nitrogens with zero attached hydrogens (tertiary/aromatic N) is 3. The first-order valence-corrected chi connectivity index (χ1v) is 10.9. The van der Waals surface area contributed by atoms with Crippen LogP contribution in [-0.2, 0) is 14.3 Å². The van der Waals surface area contributed by atoms with Crippen molar-refractivity contribution in [1.82, 2.24) is 9.91 Å². The number of amides is 2. The van der Waals surface area contributed by atoms with E-state index >= 15 is 0 Å². The van der Waals surface area contributed by atoms with E-state index in [2.05, 4.69) is 5.10 Å². The minimum Gasteiger partial charge on any atom is -0.497 e. The van der Waals surface area contributed by atoms with Gasteiger partial charge in [0.2, 0.25) is 5.91 Å². The molecule has 1 heterocycles. The van der Waals surface area contributed by atoms with E-state index in [9.17, 15) is 9.59 Å². The lowest BCUT2D eigenvalue weighted by Gasteiger charge is -2.27. The summed E-state index contributed by atoms with van der Waals surface area (Å²) in [5, 5.41) is 6.69. The van der Waals surface area contributed by atoms with Gasteiger partial charge in [0.25, 0.3) is 5.91 Å². The van der Waals surface area contributed by atoms with Crippen LogP contribution in [0.3, 0.4) is 0 Å². The second-order valence-electron chi connectivity index (χ2n) is 7.42. The van der Waals surface area contributed by atoms with Gasteiger partial charge in [-0.1, -0.05) is 48.9 Å². The van der Waals surface area contributed by atoms with E-state index < -0.39 is 0 Å². The molecule has 0 aromatic heterocycles. The van der Waals surface area contributed by atoms with Crippen LogP contribution in [-0.4, -0.2) is 61.4 Å². The third-order valence-corrected chi connectivity index (χ3v) is 5.72. The van der Waals surface area contributed by atoms with Crippen LogP contribution in [0.5, 0.6) is 5.75 Å². The van der Waals surface area contributed by atoms with Crippen LogP contribution < -0.4 is 4.74 Å². The SMILES string of the molecule is CCC(=O)N(CCOC)CC(=O)N1N=C(c2cccc(OC)c2)CC1c1ccccc1Cl. The van der Waals surface area contributed by atoms with Crippen LogP contribution >= 0.6 is 11.6 Å². The molecule has 1 aliphatic rings. The van der Waals surface area contributed by atoms with Gasteiger partial charge in [-0.15, -0.1) is 0 Å². The minimum atomic E-state index is -0.363. The Morgan fingerprint density at radius 1 is 1.19 bits per heavy atom. The van der Waals surface area contributed by atoms with Gasteiger partial charge in [0, 0.05) is 37.1 Å². The molecule has 2 aromatic carbocycles. The fourth-order valence-electron chi connectivity index (χ4n) is 3.66. The van der Waals surface area contributed by atoms with Crippen molar-refractivity contribution in [1.29, 1.82) is 0 Å². The zero-order valence-corrected chi connectivity index (χ0v) is 19.3. The lowest BCUT2D eigenvalue weighted by Crippen LogP contribution is -2.42. The number of rotatable bonds is 9. The number of hydrazone groups is 1. The molecule has 0 fully saturated rings. The minimum absolute atomic E-state index is 0.0775. The monoisotopic (exact) mass is 457 g/mol. The molecule has 32 heavy (non-hydrogen) atoms. The average molecular weight is 458 g/mol. The maximum absolute atomic E-state index is 13.4. The van der Waals surface area contributed by atoms with Crippen LogP contribution in [0.2, 0.25) is 5.02 Å². The highest BCUT2D eigenvalue weighted by molar-refractivity contribution is 6.31. The molecule has 0 N–H and O–H groups in total. The third-order valence-electron chi connectivity index (χ3n) is 5.38. The number of halogens is 1. The summed E-state index contributed by atoms with van der Waals surface area (Å²) < 4.78 is 10.4. The second-order valence-corrected chi connectivity index (χ2v) is 7.83. The van der Waals surface area contributed by atoms with Gasteiger partial charge in [-0.3, -0.25) is 9.59 Å². The smallest absolute Gasteiger partial charge is 0.262 e. The Kier molecular flexibility index (Phi) is 8.25. The maximum atomic E-state index is 13.4. The van der Waals surface area contributed by atoms with E-state index in [1.54, 1.807) is 27.2 Å². The highest BCUT2D eigenvalue weighted by Crippen LogP contribution is 2.36. The first kappa shape index (κ1) is 23.8. The van der Waals surface area contributed by atoms with Crippen molar-refractivity contribution in [2.24, 2.45) is 5.10 Å². The number of benzene rings is 2. The molecule has 0 spiro atoms. The molecule has 0 radical (unpaired) electrons. The summed E-state index contributed by atoms with van der Waals surface area (Å²) in [5.41, 5.74) is 2.44. The topological polar surface area (TPSA) is 71.4 Å². The van der Waals surface area contributed by atoms with E-state index in [-0.39, 0.29) is 24.4 Å². The van der Waals surface area contributed by atoms with Crippen LogP contribution in [0, 0.1) is 0 Å². The second kappa shape index (κ2) is 11.1. The van der Waals surface area contributed by atoms with Crippen molar-refractivity contribution in [3.63, 3.8) is 0 Å². The largest absolute Gasteiger partial charge is 0.497 e. The summed E-state index contributed by atoms with van der Waals surface area (Å²) >= 11 is 6.47. The summed E-state index contributed by atoms with van der Waals surface area (Å²) in [6.45, 7) is 2.39. The molecule has 1 aliphatic heterocycles. The Morgan fingerprint density at radius 3 is 2.66 bits per heavy atom. The van der Waals surface area contributed by atoms with Crippen LogP contribution in [0.1, 0.15) is 36.9 Å². The molecule has 170 valence electrons. The first-order valence-electron chi connectivity index (χ1n) is 10.5. The van der Waals surface area contributed by atoms with Crippen molar-refractivity contribution in [3.05, 3.63) is 64.7 Å². The average Bonchev–Trinajstić information content (AvgIpc) is 3.27. The maximum Gasteiger partial charge on any atom is 0.262 e. The molecule has 0 saturated heterocycles. The summed E-state index contributed by atoms with van der Waals surface area (Å²) in [6.07, 6.45) is 0.811. The van der Waals surface area contributed by atoms with E-state index in [1.807, 2.05) is 42.5 Å². The van der Waals surface area contributed by atoms with Gasteiger partial charge in [0.05, 0.1) is 25.5 Å². The highest BCUT2D eigenvalue weighted by Gasteiger charge is 2.35. The predicted octanol–water partition coefficient (Wildman–Crippen LogP) is 3.91. The fourth-order valence-corrected chi connectivity index (χ4v) is 3.92. The van der Waals surface area contributed by atoms with Gasteiger partial charge in [-0.05, 0) is 23.8 Å². The number of hydrogen-bond acceptors (Lipinski definition) is 5. The van der Waals surface area contributed by atoms with E-state index in [4.69, 9.17) is 21.1 Å². The predicted molar refractivity (Wildman–Crippen MR) is 124 cm³/mol. The van der Waals surface area contributed by atoms with Crippen LogP contribution in [0.4, 0.5) is 0 Å². The Morgan fingerprint density at radius 2 is 1.97 bits per heavy atom. The number of carbonyl (C=O) groups is 2. The van der Waals surface area contributed by atoms with Crippen LogP contribution in [0.15, 0.2) is 53.6 Å². The van der Waals surface area contributed by atoms with Crippen molar-refractivity contribution in [2.45, 2.75) is 25.8 Å². The third kappa shape index (κ3) is 5.47. The Hall–Kier alpha value is -2.90. The van der Waals surface area contributed by atoms with Crippen molar-refractivity contribution >= 4 is 29.1 Å². The van der Waals surface area contributed by atoms with Gasteiger partial charge in [-0.2, -0.15) is 5.10 Å². The number of methoxy groups -OCH3 is 2. The molecule has 1 atom stereocenters. The summed E-state index contributed by atoms with van der Waals surface area (Å²) in [6, 6.07) is 14.6. The molecule has 7 nitrogen and oxygen atoms in total. The molecule has 1 unspecified atom stereocenters. The van der Waals surface area contributed by atoms with Crippen LogP contribution in [0.25, 0.3) is 0 Å². The van der Waals surface area contributed by atoms with Crippen molar-refractivity contribution < 1.29 is 19.1 Å².